The van der Waals surface area contributed by atoms with Gasteiger partial charge in [-0.1, -0.05) is 26.0 Å². The zero-order valence-electron chi connectivity index (χ0n) is 15.1. The number of hydrogen-bond donors (Lipinski definition) is 2. The van der Waals surface area contributed by atoms with Crippen LogP contribution in [-0.2, 0) is 10.0 Å². The Hall–Kier alpha value is -2.32. The largest absolute Gasteiger partial charge is 0.322 e. The molecule has 2 aromatic carbocycles. The summed E-state index contributed by atoms with van der Waals surface area (Å²) in [5.74, 6) is -2.24. The Morgan fingerprint density at radius 2 is 1.67 bits per heavy atom. The average molecular weight is 396 g/mol. The second-order valence-electron chi connectivity index (χ2n) is 6.30. The molecule has 2 N–H and O–H groups in total. The van der Waals surface area contributed by atoms with Crippen molar-refractivity contribution in [1.29, 1.82) is 0 Å². The lowest BCUT2D eigenvalue weighted by atomic mass is 10.0. The summed E-state index contributed by atoms with van der Waals surface area (Å²) in [6.07, 6.45) is 0.549. The molecule has 27 heavy (non-hydrogen) atoms. The van der Waals surface area contributed by atoms with Crippen LogP contribution in [0.25, 0.3) is 0 Å². The maximum absolute atomic E-state index is 13.2. The normalized spacial score (nSPS) is 12.6. The Balaban J connectivity index is 1.99. The molecule has 0 saturated heterocycles. The van der Waals surface area contributed by atoms with Crippen LogP contribution in [0.5, 0.6) is 0 Å². The molecular weight excluding hydrogens is 374 g/mol. The molecule has 0 fully saturated rings. The molecule has 5 nitrogen and oxygen atoms in total. The van der Waals surface area contributed by atoms with Gasteiger partial charge in [0, 0.05) is 23.9 Å². The van der Waals surface area contributed by atoms with Gasteiger partial charge in [0.1, 0.15) is 11.6 Å². The number of sulfonamides is 1. The van der Waals surface area contributed by atoms with Gasteiger partial charge in [-0.2, -0.15) is 0 Å². The van der Waals surface area contributed by atoms with Crippen molar-refractivity contribution in [2.24, 2.45) is 0 Å². The second-order valence-corrected chi connectivity index (χ2v) is 8.23. The van der Waals surface area contributed by atoms with Crippen LogP contribution in [0.4, 0.5) is 14.5 Å². The third kappa shape index (κ3) is 6.41. The molecule has 2 rings (SSSR count). The van der Waals surface area contributed by atoms with Crippen LogP contribution >= 0.6 is 0 Å². The molecule has 0 spiro atoms. The minimum atomic E-state index is -3.26. The molecule has 8 heteroatoms. The van der Waals surface area contributed by atoms with Gasteiger partial charge in [-0.05, 0) is 42.2 Å². The first kappa shape index (κ1) is 21.0. The first-order valence-electron chi connectivity index (χ1n) is 8.55. The van der Waals surface area contributed by atoms with Crippen LogP contribution in [0.3, 0.4) is 0 Å². The van der Waals surface area contributed by atoms with E-state index in [1.54, 1.807) is 31.2 Å². The summed E-state index contributed by atoms with van der Waals surface area (Å²) in [5.41, 5.74) is 1.24. The fourth-order valence-electron chi connectivity index (χ4n) is 2.49. The lowest BCUT2D eigenvalue weighted by Crippen LogP contribution is -2.29. The van der Waals surface area contributed by atoms with E-state index in [1.807, 2.05) is 6.92 Å². The monoisotopic (exact) mass is 396 g/mol. The van der Waals surface area contributed by atoms with Gasteiger partial charge in [-0.3, -0.25) is 4.79 Å². The molecule has 0 aromatic heterocycles. The number of rotatable bonds is 8. The van der Waals surface area contributed by atoms with Crippen molar-refractivity contribution in [3.8, 4) is 0 Å². The zero-order chi connectivity index (χ0) is 20.0. The number of benzene rings is 2. The second kappa shape index (κ2) is 9.05. The van der Waals surface area contributed by atoms with Crippen molar-refractivity contribution < 1.29 is 22.0 Å². The van der Waals surface area contributed by atoms with E-state index in [0.717, 1.165) is 17.7 Å². The molecular formula is C19H22F2N2O3S. The highest BCUT2D eigenvalue weighted by Crippen LogP contribution is 2.19. The molecule has 0 radical (unpaired) electrons. The highest BCUT2D eigenvalue weighted by Gasteiger charge is 2.13. The molecule has 0 aliphatic rings. The summed E-state index contributed by atoms with van der Waals surface area (Å²) in [4.78, 5) is 12.1. The fraction of sp³-hybridized carbons (Fsp3) is 0.316. The van der Waals surface area contributed by atoms with Gasteiger partial charge in [-0.25, -0.2) is 21.9 Å². The summed E-state index contributed by atoms with van der Waals surface area (Å²) in [7, 11) is -3.26. The van der Waals surface area contributed by atoms with Crippen LogP contribution in [-0.4, -0.2) is 26.6 Å². The van der Waals surface area contributed by atoms with E-state index in [-0.39, 0.29) is 23.8 Å². The van der Waals surface area contributed by atoms with Crippen molar-refractivity contribution in [1.82, 2.24) is 4.72 Å². The fourth-order valence-corrected chi connectivity index (χ4v) is 3.68. The zero-order valence-corrected chi connectivity index (χ0v) is 15.9. The number of hydrogen-bond acceptors (Lipinski definition) is 3. The molecule has 1 amide bonds. The van der Waals surface area contributed by atoms with Gasteiger partial charge in [0.05, 0.1) is 5.75 Å². The topological polar surface area (TPSA) is 75.3 Å². The van der Waals surface area contributed by atoms with Crippen LogP contribution in [0, 0.1) is 11.6 Å². The first-order chi connectivity index (χ1) is 12.7. The number of halogens is 2. The number of carbonyl (C=O) groups excluding carboxylic acids is 1. The van der Waals surface area contributed by atoms with Crippen LogP contribution in [0.15, 0.2) is 42.5 Å². The van der Waals surface area contributed by atoms with E-state index in [1.165, 1.54) is 0 Å². The van der Waals surface area contributed by atoms with Gasteiger partial charge in [0.2, 0.25) is 10.0 Å². The van der Waals surface area contributed by atoms with E-state index in [0.29, 0.717) is 18.2 Å². The third-order valence-corrected chi connectivity index (χ3v) is 5.50. The van der Waals surface area contributed by atoms with Gasteiger partial charge in [-0.15, -0.1) is 0 Å². The van der Waals surface area contributed by atoms with Crippen molar-refractivity contribution >= 4 is 21.6 Å². The molecule has 0 aliphatic heterocycles. The number of carbonyl (C=O) groups is 1. The third-order valence-electron chi connectivity index (χ3n) is 3.94. The molecule has 146 valence electrons. The number of anilines is 1. The van der Waals surface area contributed by atoms with Gasteiger partial charge < -0.3 is 5.32 Å². The van der Waals surface area contributed by atoms with Crippen molar-refractivity contribution in [3.05, 3.63) is 65.2 Å². The molecule has 2 aromatic rings. The summed E-state index contributed by atoms with van der Waals surface area (Å²) in [5, 5.41) is 2.57. The Kier molecular flexibility index (Phi) is 7.04. The smallest absolute Gasteiger partial charge is 0.255 e. The quantitative estimate of drug-likeness (QED) is 0.715. The van der Waals surface area contributed by atoms with Gasteiger partial charge in [0.15, 0.2) is 0 Å². The minimum Gasteiger partial charge on any atom is -0.322 e. The molecule has 0 unspecified atom stereocenters. The maximum atomic E-state index is 13.2. The van der Waals surface area contributed by atoms with Crippen LogP contribution in [0.2, 0.25) is 0 Å². The van der Waals surface area contributed by atoms with E-state index < -0.39 is 27.6 Å². The van der Waals surface area contributed by atoms with E-state index in [4.69, 9.17) is 0 Å². The van der Waals surface area contributed by atoms with Crippen LogP contribution in [0.1, 0.15) is 42.1 Å². The number of nitrogens with one attached hydrogen (secondary N) is 2. The van der Waals surface area contributed by atoms with E-state index in [9.17, 15) is 22.0 Å². The van der Waals surface area contributed by atoms with E-state index >= 15 is 0 Å². The van der Waals surface area contributed by atoms with Crippen molar-refractivity contribution in [3.63, 3.8) is 0 Å². The summed E-state index contributed by atoms with van der Waals surface area (Å²) < 4.78 is 52.4. The maximum Gasteiger partial charge on any atom is 0.255 e. The predicted molar refractivity (Wildman–Crippen MR) is 101 cm³/mol. The molecule has 0 heterocycles. The minimum absolute atomic E-state index is 0.0568. The summed E-state index contributed by atoms with van der Waals surface area (Å²) in [6, 6.07) is 9.44. The Bertz CT molecular complexity index is 879. The molecule has 0 aliphatic carbocycles. The van der Waals surface area contributed by atoms with Crippen molar-refractivity contribution in [2.45, 2.75) is 26.2 Å². The average Bonchev–Trinajstić information content (AvgIpc) is 2.59. The van der Waals surface area contributed by atoms with Crippen LogP contribution < -0.4 is 10.0 Å². The Labute approximate surface area is 157 Å². The Morgan fingerprint density at radius 3 is 2.22 bits per heavy atom. The lowest BCUT2D eigenvalue weighted by molar-refractivity contribution is 0.102. The van der Waals surface area contributed by atoms with Crippen molar-refractivity contribution in [2.75, 3.05) is 17.6 Å². The standard InChI is InChI=1S/C19H22F2N2O3S/c1-3-8-27(25,26)22-12-13(2)14-4-6-18(7-5-14)23-19(24)15-9-16(20)11-17(21)10-15/h4-7,9-11,13,22H,3,8,12H2,1-2H3,(H,23,24)/t13-/m1/s1. The van der Waals surface area contributed by atoms with Gasteiger partial charge in [0.25, 0.3) is 5.91 Å². The highest BCUT2D eigenvalue weighted by atomic mass is 32.2. The Morgan fingerprint density at radius 1 is 1.07 bits per heavy atom. The molecule has 0 bridgehead atoms. The number of amides is 1. The predicted octanol–water partition coefficient (Wildman–Crippen LogP) is 3.65. The van der Waals surface area contributed by atoms with Gasteiger partial charge >= 0.3 is 0 Å². The lowest BCUT2D eigenvalue weighted by Gasteiger charge is -2.14. The summed E-state index contributed by atoms with van der Waals surface area (Å²) in [6.45, 7) is 3.96. The van der Waals surface area contributed by atoms with E-state index in [2.05, 4.69) is 10.0 Å². The molecule has 1 atom stereocenters. The summed E-state index contributed by atoms with van der Waals surface area (Å²) >= 11 is 0. The first-order valence-corrected chi connectivity index (χ1v) is 10.2. The SMILES string of the molecule is CCCS(=O)(=O)NC[C@@H](C)c1ccc(NC(=O)c2cc(F)cc(F)c2)cc1. The highest BCUT2D eigenvalue weighted by molar-refractivity contribution is 7.89. The molecule has 0 saturated carbocycles.